The molecule has 3 rings (SSSR count). The Morgan fingerprint density at radius 3 is 2.54 bits per heavy atom. The van der Waals surface area contributed by atoms with Gasteiger partial charge < -0.3 is 0 Å². The molecule has 28 heavy (non-hydrogen) atoms. The van der Waals surface area contributed by atoms with E-state index >= 15 is 0 Å². The topological polar surface area (TPSA) is 114 Å². The van der Waals surface area contributed by atoms with E-state index in [1.54, 1.807) is 0 Å². The zero-order chi connectivity index (χ0) is 20.1. The summed E-state index contributed by atoms with van der Waals surface area (Å²) < 4.78 is 28.0. The summed E-state index contributed by atoms with van der Waals surface area (Å²) in [7, 11) is -4.13. The Labute approximate surface area is 169 Å². The number of nitro groups is 1. The number of nitro benzene ring substituents is 1. The smallest absolute Gasteiger partial charge is 0.270 e. The van der Waals surface area contributed by atoms with Crippen molar-refractivity contribution in [3.63, 3.8) is 0 Å². The lowest BCUT2D eigenvalue weighted by atomic mass is 10.3. The largest absolute Gasteiger partial charge is 0.280 e. The lowest BCUT2D eigenvalue weighted by molar-refractivity contribution is -0.385. The molecule has 0 fully saturated rings. The molecule has 0 aliphatic carbocycles. The SMILES string of the molecule is O=[N+]([O-])c1ccc(N/N=C/c2cccs2)c(S(=O)(=O)Nc2ccc(Cl)cc2)c1. The van der Waals surface area contributed by atoms with E-state index in [9.17, 15) is 18.5 Å². The zero-order valence-electron chi connectivity index (χ0n) is 14.1. The summed E-state index contributed by atoms with van der Waals surface area (Å²) in [6.45, 7) is 0. The first-order valence-electron chi connectivity index (χ1n) is 7.74. The fourth-order valence-electron chi connectivity index (χ4n) is 2.20. The highest BCUT2D eigenvalue weighted by Crippen LogP contribution is 2.28. The van der Waals surface area contributed by atoms with Crippen molar-refractivity contribution in [1.82, 2.24) is 0 Å². The van der Waals surface area contributed by atoms with Gasteiger partial charge in [0, 0.05) is 27.7 Å². The standard InChI is InChI=1S/C17H13ClN4O4S2/c18-12-3-5-13(6-4-12)21-28(25,26)17-10-14(22(23)24)7-8-16(17)20-19-11-15-2-1-9-27-15/h1-11,20-21H/b19-11+. The number of nitrogens with zero attached hydrogens (tertiary/aromatic N) is 2. The third kappa shape index (κ3) is 4.85. The molecule has 8 nitrogen and oxygen atoms in total. The highest BCUT2D eigenvalue weighted by atomic mass is 35.5. The van der Waals surface area contributed by atoms with Crippen LogP contribution < -0.4 is 10.1 Å². The minimum absolute atomic E-state index is 0.0971. The van der Waals surface area contributed by atoms with Gasteiger partial charge in [-0.3, -0.25) is 20.3 Å². The van der Waals surface area contributed by atoms with E-state index < -0.39 is 14.9 Å². The second-order valence-electron chi connectivity index (χ2n) is 5.44. The first kappa shape index (κ1) is 19.8. The lowest BCUT2D eigenvalue weighted by Crippen LogP contribution is -2.15. The Balaban J connectivity index is 1.94. The fraction of sp³-hybridized carbons (Fsp3) is 0. The minimum Gasteiger partial charge on any atom is -0.280 e. The molecule has 1 aromatic heterocycles. The molecule has 0 radical (unpaired) electrons. The molecular formula is C17H13ClN4O4S2. The number of rotatable bonds is 7. The van der Waals surface area contributed by atoms with Gasteiger partial charge in [-0.2, -0.15) is 5.10 Å². The van der Waals surface area contributed by atoms with Crippen LogP contribution in [0.15, 0.2) is 70.0 Å². The third-order valence-corrected chi connectivity index (χ3v) is 5.96. The number of hydrogen-bond acceptors (Lipinski definition) is 7. The van der Waals surface area contributed by atoms with E-state index in [0.29, 0.717) is 5.02 Å². The minimum atomic E-state index is -4.13. The Morgan fingerprint density at radius 1 is 1.14 bits per heavy atom. The number of thiophene rings is 1. The molecule has 0 aliphatic rings. The number of halogens is 1. The average molecular weight is 437 g/mol. The predicted octanol–water partition coefficient (Wildman–Crippen LogP) is 4.56. The van der Waals surface area contributed by atoms with Gasteiger partial charge in [-0.15, -0.1) is 11.3 Å². The van der Waals surface area contributed by atoms with E-state index in [2.05, 4.69) is 15.2 Å². The van der Waals surface area contributed by atoms with E-state index in [1.807, 2.05) is 17.5 Å². The maximum Gasteiger partial charge on any atom is 0.270 e. The summed E-state index contributed by atoms with van der Waals surface area (Å²) in [4.78, 5) is 11.0. The summed E-state index contributed by atoms with van der Waals surface area (Å²) in [6, 6.07) is 13.2. The second-order valence-corrected chi connectivity index (χ2v) is 8.50. The van der Waals surface area contributed by atoms with Crippen LogP contribution >= 0.6 is 22.9 Å². The third-order valence-electron chi connectivity index (χ3n) is 3.48. The van der Waals surface area contributed by atoms with Crippen LogP contribution in [0.2, 0.25) is 5.02 Å². The van der Waals surface area contributed by atoms with Gasteiger partial charge in [-0.1, -0.05) is 17.7 Å². The summed E-state index contributed by atoms with van der Waals surface area (Å²) in [5.74, 6) is 0. The summed E-state index contributed by atoms with van der Waals surface area (Å²) >= 11 is 7.26. The number of hydrazone groups is 1. The zero-order valence-corrected chi connectivity index (χ0v) is 16.5. The first-order chi connectivity index (χ1) is 13.3. The van der Waals surface area contributed by atoms with Crippen molar-refractivity contribution in [1.29, 1.82) is 0 Å². The molecule has 0 saturated carbocycles. The maximum atomic E-state index is 12.8. The Morgan fingerprint density at radius 2 is 1.89 bits per heavy atom. The molecule has 0 amide bonds. The Bertz CT molecular complexity index is 1110. The molecule has 0 atom stereocenters. The molecule has 1 heterocycles. The summed E-state index contributed by atoms with van der Waals surface area (Å²) in [5, 5.41) is 17.4. The lowest BCUT2D eigenvalue weighted by Gasteiger charge is -2.12. The van der Waals surface area contributed by atoms with E-state index in [0.717, 1.165) is 10.9 Å². The molecule has 0 unspecified atom stereocenters. The van der Waals surface area contributed by atoms with Gasteiger partial charge in [0.05, 0.1) is 16.8 Å². The van der Waals surface area contributed by atoms with Gasteiger partial charge in [0.2, 0.25) is 0 Å². The summed E-state index contributed by atoms with van der Waals surface area (Å²) in [5.41, 5.74) is 2.64. The monoisotopic (exact) mass is 436 g/mol. The maximum absolute atomic E-state index is 12.8. The van der Waals surface area contributed by atoms with Crippen LogP contribution in [-0.4, -0.2) is 19.6 Å². The Hall–Kier alpha value is -2.95. The molecule has 0 spiro atoms. The van der Waals surface area contributed by atoms with Crippen molar-refractivity contribution < 1.29 is 13.3 Å². The van der Waals surface area contributed by atoms with Crippen LogP contribution in [0, 0.1) is 10.1 Å². The van der Waals surface area contributed by atoms with Crippen molar-refractivity contribution >= 4 is 56.2 Å². The van der Waals surface area contributed by atoms with Gasteiger partial charge in [0.25, 0.3) is 15.7 Å². The number of hydrogen-bond donors (Lipinski definition) is 2. The molecular weight excluding hydrogens is 424 g/mol. The first-order valence-corrected chi connectivity index (χ1v) is 10.5. The number of nitrogens with one attached hydrogen (secondary N) is 2. The van der Waals surface area contributed by atoms with Crippen molar-refractivity contribution in [2.45, 2.75) is 4.90 Å². The van der Waals surface area contributed by atoms with E-state index in [1.165, 1.54) is 53.9 Å². The van der Waals surface area contributed by atoms with Crippen LogP contribution in [0.3, 0.4) is 0 Å². The second kappa shape index (κ2) is 8.38. The van der Waals surface area contributed by atoms with Crippen molar-refractivity contribution in [3.8, 4) is 0 Å². The summed E-state index contributed by atoms with van der Waals surface area (Å²) in [6.07, 6.45) is 1.52. The van der Waals surface area contributed by atoms with E-state index in [4.69, 9.17) is 11.6 Å². The van der Waals surface area contributed by atoms with Gasteiger partial charge in [-0.05, 0) is 41.8 Å². The number of benzene rings is 2. The predicted molar refractivity (Wildman–Crippen MR) is 111 cm³/mol. The normalized spacial score (nSPS) is 11.5. The molecule has 0 saturated heterocycles. The molecule has 144 valence electrons. The van der Waals surface area contributed by atoms with E-state index in [-0.39, 0.29) is 22.0 Å². The molecule has 0 bridgehead atoms. The van der Waals surface area contributed by atoms with Crippen molar-refractivity contribution in [3.05, 3.63) is 80.0 Å². The number of anilines is 2. The molecule has 3 aromatic rings. The fourth-order valence-corrected chi connectivity index (χ4v) is 4.14. The highest BCUT2D eigenvalue weighted by Gasteiger charge is 2.22. The van der Waals surface area contributed by atoms with Crippen molar-refractivity contribution in [2.75, 3.05) is 10.1 Å². The molecule has 2 aromatic carbocycles. The van der Waals surface area contributed by atoms with Gasteiger partial charge in [0.15, 0.2) is 0 Å². The van der Waals surface area contributed by atoms with Gasteiger partial charge in [0.1, 0.15) is 4.90 Å². The quantitative estimate of drug-likeness (QED) is 0.320. The van der Waals surface area contributed by atoms with Crippen molar-refractivity contribution in [2.24, 2.45) is 5.10 Å². The van der Waals surface area contributed by atoms with Gasteiger partial charge >= 0.3 is 0 Å². The average Bonchev–Trinajstić information content (AvgIpc) is 3.17. The van der Waals surface area contributed by atoms with Crippen LogP contribution in [0.5, 0.6) is 0 Å². The number of non-ortho nitro benzene ring substituents is 1. The number of sulfonamides is 1. The van der Waals surface area contributed by atoms with Crippen LogP contribution in [-0.2, 0) is 10.0 Å². The van der Waals surface area contributed by atoms with Crippen LogP contribution in [0.25, 0.3) is 0 Å². The molecule has 11 heteroatoms. The van der Waals surface area contributed by atoms with Gasteiger partial charge in [-0.25, -0.2) is 8.42 Å². The Kier molecular flexibility index (Phi) is 5.93. The molecule has 2 N–H and O–H groups in total. The van der Waals surface area contributed by atoms with Crippen LogP contribution in [0.1, 0.15) is 4.88 Å². The van der Waals surface area contributed by atoms with Crippen LogP contribution in [0.4, 0.5) is 17.1 Å². The molecule has 0 aliphatic heterocycles. The highest BCUT2D eigenvalue weighted by molar-refractivity contribution is 7.92.